The Kier molecular flexibility index (Phi) is 5.76. The minimum absolute atomic E-state index is 0.0633. The fourth-order valence-corrected chi connectivity index (χ4v) is 4.06. The SMILES string of the molecule is CCn1c(SCCOc2ccc(Cl)cc2)nc2cc(S(N)(=O)=O)ccc21. The summed E-state index contributed by atoms with van der Waals surface area (Å²) in [5.41, 5.74) is 1.49. The molecule has 3 rings (SSSR count). The predicted molar refractivity (Wildman–Crippen MR) is 104 cm³/mol. The molecule has 0 atom stereocenters. The highest BCUT2D eigenvalue weighted by atomic mass is 35.5. The van der Waals surface area contributed by atoms with Crippen molar-refractivity contribution in [3.63, 3.8) is 0 Å². The number of nitrogens with two attached hydrogens (primary N) is 1. The highest BCUT2D eigenvalue weighted by molar-refractivity contribution is 7.99. The lowest BCUT2D eigenvalue weighted by Crippen LogP contribution is -2.11. The number of hydrogen-bond donors (Lipinski definition) is 1. The number of nitrogens with zero attached hydrogens (tertiary/aromatic N) is 2. The van der Waals surface area contributed by atoms with Crippen LogP contribution in [0.3, 0.4) is 0 Å². The number of ether oxygens (including phenoxy) is 1. The monoisotopic (exact) mass is 411 g/mol. The molecule has 0 bridgehead atoms. The molecular weight excluding hydrogens is 394 g/mol. The van der Waals surface area contributed by atoms with Crippen molar-refractivity contribution in [2.24, 2.45) is 5.14 Å². The molecule has 3 aromatic rings. The van der Waals surface area contributed by atoms with Gasteiger partial charge in [-0.25, -0.2) is 18.5 Å². The number of imidazole rings is 1. The second-order valence-corrected chi connectivity index (χ2v) is 8.54. The van der Waals surface area contributed by atoms with Crippen LogP contribution < -0.4 is 9.88 Å². The summed E-state index contributed by atoms with van der Waals surface area (Å²) in [6.07, 6.45) is 0. The van der Waals surface area contributed by atoms with Gasteiger partial charge in [0.2, 0.25) is 10.0 Å². The van der Waals surface area contributed by atoms with E-state index in [-0.39, 0.29) is 4.90 Å². The van der Waals surface area contributed by atoms with Crippen LogP contribution >= 0.6 is 23.4 Å². The van der Waals surface area contributed by atoms with E-state index in [1.807, 2.05) is 23.6 Å². The van der Waals surface area contributed by atoms with Crippen LogP contribution in [-0.4, -0.2) is 30.3 Å². The predicted octanol–water partition coefficient (Wildman–Crippen LogP) is 3.53. The van der Waals surface area contributed by atoms with Crippen molar-refractivity contribution in [3.05, 3.63) is 47.5 Å². The van der Waals surface area contributed by atoms with Gasteiger partial charge in [0.15, 0.2) is 5.16 Å². The summed E-state index contributed by atoms with van der Waals surface area (Å²) < 4.78 is 30.8. The molecule has 0 amide bonds. The molecule has 0 saturated heterocycles. The number of primary sulfonamides is 1. The molecule has 0 spiro atoms. The fraction of sp³-hybridized carbons (Fsp3) is 0.235. The minimum Gasteiger partial charge on any atom is -0.493 e. The summed E-state index contributed by atoms with van der Waals surface area (Å²) in [5.74, 6) is 1.46. The molecule has 1 aromatic heterocycles. The van der Waals surface area contributed by atoms with Crippen molar-refractivity contribution < 1.29 is 13.2 Å². The largest absolute Gasteiger partial charge is 0.493 e. The molecule has 2 N–H and O–H groups in total. The average Bonchev–Trinajstić information content (AvgIpc) is 2.96. The van der Waals surface area contributed by atoms with Crippen LogP contribution in [0.2, 0.25) is 5.02 Å². The Hall–Kier alpha value is -1.74. The van der Waals surface area contributed by atoms with Crippen molar-refractivity contribution in [2.75, 3.05) is 12.4 Å². The van der Waals surface area contributed by atoms with Gasteiger partial charge in [0.1, 0.15) is 5.75 Å². The van der Waals surface area contributed by atoms with Crippen molar-refractivity contribution in [3.8, 4) is 5.75 Å². The van der Waals surface area contributed by atoms with Crippen LogP contribution in [0.25, 0.3) is 11.0 Å². The van der Waals surface area contributed by atoms with Gasteiger partial charge in [-0.1, -0.05) is 23.4 Å². The Labute approximate surface area is 161 Å². The number of aromatic nitrogens is 2. The maximum absolute atomic E-state index is 11.5. The quantitative estimate of drug-likeness (QED) is 0.474. The first-order valence-electron chi connectivity index (χ1n) is 7.92. The van der Waals surface area contributed by atoms with E-state index in [1.165, 1.54) is 12.1 Å². The summed E-state index contributed by atoms with van der Waals surface area (Å²) in [7, 11) is -3.74. The molecule has 0 radical (unpaired) electrons. The average molecular weight is 412 g/mol. The van der Waals surface area contributed by atoms with Crippen molar-refractivity contribution in [2.45, 2.75) is 23.5 Å². The van der Waals surface area contributed by atoms with Gasteiger partial charge in [-0.2, -0.15) is 0 Å². The Balaban J connectivity index is 1.71. The number of sulfonamides is 1. The van der Waals surface area contributed by atoms with E-state index in [4.69, 9.17) is 21.5 Å². The lowest BCUT2D eigenvalue weighted by atomic mass is 10.3. The molecule has 0 unspecified atom stereocenters. The maximum Gasteiger partial charge on any atom is 0.238 e. The van der Waals surface area contributed by atoms with Gasteiger partial charge in [-0.3, -0.25) is 0 Å². The molecule has 9 heteroatoms. The van der Waals surface area contributed by atoms with Crippen molar-refractivity contribution in [1.29, 1.82) is 0 Å². The Morgan fingerprint density at radius 2 is 1.96 bits per heavy atom. The lowest BCUT2D eigenvalue weighted by molar-refractivity contribution is 0.344. The normalized spacial score (nSPS) is 11.8. The summed E-state index contributed by atoms with van der Waals surface area (Å²) in [6.45, 7) is 3.26. The molecule has 6 nitrogen and oxygen atoms in total. The molecule has 0 fully saturated rings. The van der Waals surface area contributed by atoms with Crippen molar-refractivity contribution in [1.82, 2.24) is 9.55 Å². The van der Waals surface area contributed by atoms with Gasteiger partial charge in [0, 0.05) is 17.3 Å². The van der Waals surface area contributed by atoms with Crippen molar-refractivity contribution >= 4 is 44.4 Å². The zero-order valence-electron chi connectivity index (χ0n) is 14.1. The zero-order chi connectivity index (χ0) is 18.7. The van der Waals surface area contributed by atoms with Crippen LogP contribution in [0.4, 0.5) is 0 Å². The zero-order valence-corrected chi connectivity index (χ0v) is 16.4. The van der Waals surface area contributed by atoms with Gasteiger partial charge in [-0.05, 0) is 49.4 Å². The van der Waals surface area contributed by atoms with E-state index >= 15 is 0 Å². The second kappa shape index (κ2) is 7.87. The number of rotatable bonds is 7. The Bertz CT molecular complexity index is 1020. The van der Waals surface area contributed by atoms with E-state index in [0.717, 1.165) is 23.0 Å². The summed E-state index contributed by atoms with van der Waals surface area (Å²) in [4.78, 5) is 4.61. The van der Waals surface area contributed by atoms with E-state index in [1.54, 1.807) is 30.0 Å². The summed E-state index contributed by atoms with van der Waals surface area (Å²) >= 11 is 7.40. The van der Waals surface area contributed by atoms with Gasteiger partial charge in [0.25, 0.3) is 0 Å². The molecule has 1 heterocycles. The molecule has 2 aromatic carbocycles. The Morgan fingerprint density at radius 3 is 2.62 bits per heavy atom. The van der Waals surface area contributed by atoms with Crippen LogP contribution in [0, 0.1) is 0 Å². The minimum atomic E-state index is -3.74. The topological polar surface area (TPSA) is 87.2 Å². The number of thioether (sulfide) groups is 1. The first-order valence-corrected chi connectivity index (χ1v) is 10.8. The highest BCUT2D eigenvalue weighted by Gasteiger charge is 2.14. The first-order chi connectivity index (χ1) is 12.4. The van der Waals surface area contributed by atoms with E-state index in [0.29, 0.717) is 22.9 Å². The molecular formula is C17H18ClN3O3S2. The number of benzene rings is 2. The maximum atomic E-state index is 11.5. The van der Waals surface area contributed by atoms with Crippen LogP contribution in [-0.2, 0) is 16.6 Å². The van der Waals surface area contributed by atoms with E-state index in [2.05, 4.69) is 4.98 Å². The van der Waals surface area contributed by atoms with Gasteiger partial charge in [-0.15, -0.1) is 0 Å². The summed E-state index contributed by atoms with van der Waals surface area (Å²) in [6, 6.07) is 12.0. The lowest BCUT2D eigenvalue weighted by Gasteiger charge is -2.07. The van der Waals surface area contributed by atoms with E-state index < -0.39 is 10.0 Å². The third-order valence-corrected chi connectivity index (χ3v) is 5.83. The third-order valence-electron chi connectivity index (χ3n) is 3.73. The fourth-order valence-electron chi connectivity index (χ4n) is 2.50. The molecule has 0 aliphatic rings. The number of halogens is 1. The van der Waals surface area contributed by atoms with Crippen LogP contribution in [0.15, 0.2) is 52.5 Å². The third kappa shape index (κ3) is 4.32. The summed E-state index contributed by atoms with van der Waals surface area (Å²) in [5, 5.41) is 6.68. The number of hydrogen-bond acceptors (Lipinski definition) is 5. The molecule has 26 heavy (non-hydrogen) atoms. The molecule has 0 aliphatic heterocycles. The second-order valence-electron chi connectivity index (χ2n) is 5.49. The van der Waals surface area contributed by atoms with Gasteiger partial charge >= 0.3 is 0 Å². The van der Waals surface area contributed by atoms with Gasteiger partial charge < -0.3 is 9.30 Å². The number of fused-ring (bicyclic) bond motifs is 1. The molecule has 0 aliphatic carbocycles. The number of aryl methyl sites for hydroxylation is 1. The molecule has 0 saturated carbocycles. The first kappa shape index (κ1) is 19.0. The van der Waals surface area contributed by atoms with Gasteiger partial charge in [0.05, 0.1) is 22.5 Å². The standard InChI is InChI=1S/C17H18ClN3O3S2/c1-2-21-16-8-7-14(26(19,22)23)11-15(16)20-17(21)25-10-9-24-13-5-3-12(18)4-6-13/h3-8,11H,2,9-10H2,1H3,(H2,19,22,23). The van der Waals surface area contributed by atoms with Crippen LogP contribution in [0.1, 0.15) is 6.92 Å². The van der Waals surface area contributed by atoms with Crippen LogP contribution in [0.5, 0.6) is 5.75 Å². The smallest absolute Gasteiger partial charge is 0.238 e. The Morgan fingerprint density at radius 1 is 1.23 bits per heavy atom. The van der Waals surface area contributed by atoms with E-state index in [9.17, 15) is 8.42 Å². The highest BCUT2D eigenvalue weighted by Crippen LogP contribution is 2.26. The molecule has 138 valence electrons.